The van der Waals surface area contributed by atoms with Gasteiger partial charge in [-0.2, -0.15) is 0 Å². The molecular weight excluding hydrogens is 262 g/mol. The molecule has 2 aromatic rings. The van der Waals surface area contributed by atoms with Crippen LogP contribution in [0.1, 0.15) is 22.8 Å². The quantitative estimate of drug-likeness (QED) is 0.926. The molecule has 20 heavy (non-hydrogen) atoms. The molecule has 4 heteroatoms. The number of aryl methyl sites for hydroxylation is 1. The summed E-state index contributed by atoms with van der Waals surface area (Å²) in [6, 6.07) is 8.68. The molecule has 0 aromatic heterocycles. The molecule has 0 fully saturated rings. The summed E-state index contributed by atoms with van der Waals surface area (Å²) in [6.45, 7) is 1.90. The lowest BCUT2D eigenvalue weighted by Gasteiger charge is -2.16. The van der Waals surface area contributed by atoms with Gasteiger partial charge >= 0.3 is 0 Å². The van der Waals surface area contributed by atoms with E-state index in [0.717, 1.165) is 11.6 Å². The summed E-state index contributed by atoms with van der Waals surface area (Å²) in [5, 5.41) is 10.3. The first-order valence-electron chi connectivity index (χ1n) is 6.27. The molecule has 2 rings (SSSR count). The van der Waals surface area contributed by atoms with Crippen molar-refractivity contribution in [3.05, 3.63) is 64.7 Å². The monoisotopic (exact) mass is 278 g/mol. The number of benzene rings is 2. The first-order chi connectivity index (χ1) is 9.49. The van der Waals surface area contributed by atoms with Crippen LogP contribution in [0.25, 0.3) is 0 Å². The number of aliphatic hydroxyl groups excluding tert-OH is 1. The van der Waals surface area contributed by atoms with E-state index in [1.807, 2.05) is 13.0 Å². The van der Waals surface area contributed by atoms with Gasteiger partial charge in [0, 0.05) is 18.1 Å². The molecular formula is C16H16F2O2. The van der Waals surface area contributed by atoms with Crippen molar-refractivity contribution in [3.63, 3.8) is 0 Å². The fraction of sp³-hybridized carbons (Fsp3) is 0.250. The number of aliphatic hydroxyl groups is 1. The van der Waals surface area contributed by atoms with Gasteiger partial charge in [-0.3, -0.25) is 0 Å². The van der Waals surface area contributed by atoms with Crippen molar-refractivity contribution in [2.24, 2.45) is 0 Å². The van der Waals surface area contributed by atoms with Crippen molar-refractivity contribution < 1.29 is 18.6 Å². The zero-order valence-corrected chi connectivity index (χ0v) is 11.4. The third-order valence-corrected chi connectivity index (χ3v) is 3.10. The highest BCUT2D eigenvalue weighted by molar-refractivity contribution is 5.39. The third kappa shape index (κ3) is 3.33. The summed E-state index contributed by atoms with van der Waals surface area (Å²) in [4.78, 5) is 0. The second kappa shape index (κ2) is 6.01. The Balaban J connectivity index is 2.27. The lowest BCUT2D eigenvalue weighted by atomic mass is 9.99. The van der Waals surface area contributed by atoms with Crippen molar-refractivity contribution in [3.8, 4) is 5.75 Å². The molecule has 0 aliphatic rings. The zero-order valence-electron chi connectivity index (χ0n) is 11.4. The fourth-order valence-corrected chi connectivity index (χ4v) is 2.18. The highest BCUT2D eigenvalue weighted by Crippen LogP contribution is 2.28. The van der Waals surface area contributed by atoms with E-state index in [4.69, 9.17) is 4.74 Å². The Morgan fingerprint density at radius 1 is 1.10 bits per heavy atom. The Labute approximate surface area is 116 Å². The van der Waals surface area contributed by atoms with Crippen LogP contribution in [0.4, 0.5) is 8.78 Å². The molecule has 2 aromatic carbocycles. The van der Waals surface area contributed by atoms with Gasteiger partial charge in [0.05, 0.1) is 13.2 Å². The number of halogens is 2. The van der Waals surface area contributed by atoms with E-state index in [0.29, 0.717) is 16.9 Å². The van der Waals surface area contributed by atoms with Gasteiger partial charge in [0.1, 0.15) is 17.4 Å². The van der Waals surface area contributed by atoms with E-state index in [-0.39, 0.29) is 6.42 Å². The van der Waals surface area contributed by atoms with Crippen LogP contribution in [-0.4, -0.2) is 12.2 Å². The van der Waals surface area contributed by atoms with Crippen molar-refractivity contribution in [2.75, 3.05) is 7.11 Å². The van der Waals surface area contributed by atoms with Gasteiger partial charge in [0.25, 0.3) is 0 Å². The van der Waals surface area contributed by atoms with Gasteiger partial charge in [-0.05, 0) is 36.8 Å². The SMILES string of the molecule is COc1ccc(C)cc1C(O)Cc1cc(F)cc(F)c1. The molecule has 0 spiro atoms. The molecule has 0 heterocycles. The Morgan fingerprint density at radius 3 is 2.35 bits per heavy atom. The number of hydrogen-bond acceptors (Lipinski definition) is 2. The summed E-state index contributed by atoms with van der Waals surface area (Å²) in [7, 11) is 1.52. The first kappa shape index (κ1) is 14.5. The molecule has 1 atom stereocenters. The second-order valence-electron chi connectivity index (χ2n) is 4.74. The Morgan fingerprint density at radius 2 is 1.75 bits per heavy atom. The van der Waals surface area contributed by atoms with Crippen LogP contribution in [-0.2, 0) is 6.42 Å². The average Bonchev–Trinajstić information content (AvgIpc) is 2.37. The van der Waals surface area contributed by atoms with E-state index in [2.05, 4.69) is 0 Å². The molecule has 1 N–H and O–H groups in total. The molecule has 1 unspecified atom stereocenters. The molecule has 2 nitrogen and oxygen atoms in total. The minimum Gasteiger partial charge on any atom is -0.496 e. The maximum atomic E-state index is 13.1. The summed E-state index contributed by atoms with van der Waals surface area (Å²) in [5.41, 5.74) is 1.99. The lowest BCUT2D eigenvalue weighted by molar-refractivity contribution is 0.173. The Kier molecular flexibility index (Phi) is 4.35. The smallest absolute Gasteiger partial charge is 0.126 e. The van der Waals surface area contributed by atoms with E-state index in [9.17, 15) is 13.9 Å². The normalized spacial score (nSPS) is 12.2. The van der Waals surface area contributed by atoms with Crippen LogP contribution in [0.15, 0.2) is 36.4 Å². The fourth-order valence-electron chi connectivity index (χ4n) is 2.18. The van der Waals surface area contributed by atoms with E-state index in [1.54, 1.807) is 12.1 Å². The largest absolute Gasteiger partial charge is 0.496 e. The van der Waals surface area contributed by atoms with Crippen LogP contribution >= 0.6 is 0 Å². The molecule has 0 radical (unpaired) electrons. The topological polar surface area (TPSA) is 29.5 Å². The molecule has 106 valence electrons. The van der Waals surface area contributed by atoms with Crippen molar-refractivity contribution in [1.29, 1.82) is 0 Å². The third-order valence-electron chi connectivity index (χ3n) is 3.10. The molecule has 0 aliphatic carbocycles. The standard InChI is InChI=1S/C16H16F2O2/c1-10-3-4-16(20-2)14(5-10)15(19)8-11-6-12(17)9-13(18)7-11/h3-7,9,15,19H,8H2,1-2H3. The van der Waals surface area contributed by atoms with Crippen LogP contribution in [0.5, 0.6) is 5.75 Å². The highest BCUT2D eigenvalue weighted by atomic mass is 19.1. The maximum Gasteiger partial charge on any atom is 0.126 e. The average molecular weight is 278 g/mol. The van der Waals surface area contributed by atoms with Gasteiger partial charge in [-0.25, -0.2) is 8.78 Å². The molecule has 0 aliphatic heterocycles. The molecule has 0 bridgehead atoms. The predicted octanol–water partition coefficient (Wildman–Crippen LogP) is 3.56. The first-order valence-corrected chi connectivity index (χ1v) is 6.27. The van der Waals surface area contributed by atoms with Crippen molar-refractivity contribution in [1.82, 2.24) is 0 Å². The van der Waals surface area contributed by atoms with E-state index in [1.165, 1.54) is 19.2 Å². The lowest BCUT2D eigenvalue weighted by Crippen LogP contribution is -2.05. The summed E-state index contributed by atoms with van der Waals surface area (Å²) < 4.78 is 31.5. The van der Waals surface area contributed by atoms with Gasteiger partial charge in [0.2, 0.25) is 0 Å². The number of hydrogen-bond donors (Lipinski definition) is 1. The van der Waals surface area contributed by atoms with Crippen LogP contribution < -0.4 is 4.74 Å². The van der Waals surface area contributed by atoms with Crippen LogP contribution in [0.3, 0.4) is 0 Å². The van der Waals surface area contributed by atoms with Gasteiger partial charge in [-0.15, -0.1) is 0 Å². The number of rotatable bonds is 4. The Hall–Kier alpha value is -1.94. The summed E-state index contributed by atoms with van der Waals surface area (Å²) in [5.74, 6) is -0.744. The second-order valence-corrected chi connectivity index (χ2v) is 4.74. The maximum absolute atomic E-state index is 13.1. The summed E-state index contributed by atoms with van der Waals surface area (Å²) >= 11 is 0. The van der Waals surface area contributed by atoms with Gasteiger partial charge in [-0.1, -0.05) is 11.6 Å². The highest BCUT2D eigenvalue weighted by Gasteiger charge is 2.15. The van der Waals surface area contributed by atoms with Crippen LogP contribution in [0, 0.1) is 18.6 Å². The Bertz CT molecular complexity index is 591. The molecule has 0 amide bonds. The summed E-state index contributed by atoms with van der Waals surface area (Å²) in [6.07, 6.45) is -0.764. The van der Waals surface area contributed by atoms with E-state index < -0.39 is 17.7 Å². The van der Waals surface area contributed by atoms with Gasteiger partial charge < -0.3 is 9.84 Å². The zero-order chi connectivity index (χ0) is 14.7. The number of methoxy groups -OCH3 is 1. The number of ether oxygens (including phenoxy) is 1. The predicted molar refractivity (Wildman–Crippen MR) is 72.8 cm³/mol. The minimum atomic E-state index is -0.883. The van der Waals surface area contributed by atoms with E-state index >= 15 is 0 Å². The minimum absolute atomic E-state index is 0.120. The van der Waals surface area contributed by atoms with Gasteiger partial charge in [0.15, 0.2) is 0 Å². The van der Waals surface area contributed by atoms with Crippen LogP contribution in [0.2, 0.25) is 0 Å². The molecule has 0 saturated carbocycles. The van der Waals surface area contributed by atoms with Crippen molar-refractivity contribution >= 4 is 0 Å². The molecule has 0 saturated heterocycles. The van der Waals surface area contributed by atoms with Crippen molar-refractivity contribution in [2.45, 2.75) is 19.4 Å².